The van der Waals surface area contributed by atoms with Crippen molar-refractivity contribution in [1.29, 1.82) is 0 Å². The summed E-state index contributed by atoms with van der Waals surface area (Å²) in [6.45, 7) is 6.84. The molecular formula is C25H43F4N5O2. The number of guanidine groups is 1. The van der Waals surface area contributed by atoms with Crippen LogP contribution in [0.5, 0.6) is 0 Å². The number of rotatable bonds is 8. The van der Waals surface area contributed by atoms with E-state index in [0.717, 1.165) is 12.8 Å². The Balaban J connectivity index is 1.53. The van der Waals surface area contributed by atoms with Gasteiger partial charge in [-0.15, -0.1) is 0 Å². The maximum absolute atomic E-state index is 14.2. The minimum Gasteiger partial charge on any atom is -0.379 e. The van der Waals surface area contributed by atoms with E-state index in [4.69, 9.17) is 4.74 Å². The fourth-order valence-corrected chi connectivity index (χ4v) is 5.41. The lowest BCUT2D eigenvalue weighted by Crippen LogP contribution is -2.52. The fraction of sp³-hybridized carbons (Fsp3) is 0.920. The maximum atomic E-state index is 14.2. The number of carbonyl (C=O) groups is 1. The van der Waals surface area contributed by atoms with Crippen molar-refractivity contribution >= 4 is 11.9 Å². The Labute approximate surface area is 211 Å². The molecule has 0 aromatic heterocycles. The molecule has 208 valence electrons. The maximum Gasteiger partial charge on any atom is 0.391 e. The van der Waals surface area contributed by atoms with Gasteiger partial charge in [-0.1, -0.05) is 6.92 Å². The molecule has 0 spiro atoms. The highest BCUT2D eigenvalue weighted by Gasteiger charge is 2.42. The van der Waals surface area contributed by atoms with Crippen LogP contribution in [-0.2, 0) is 9.53 Å². The number of amides is 1. The third-order valence-electron chi connectivity index (χ3n) is 7.78. The first-order valence-corrected chi connectivity index (χ1v) is 13.5. The van der Waals surface area contributed by atoms with Crippen molar-refractivity contribution in [1.82, 2.24) is 21.5 Å². The van der Waals surface area contributed by atoms with Crippen LogP contribution in [0.2, 0.25) is 0 Å². The molecule has 3 fully saturated rings. The molecule has 3 aliphatic rings. The molecule has 1 heterocycles. The Morgan fingerprint density at radius 3 is 2.44 bits per heavy atom. The van der Waals surface area contributed by atoms with Crippen molar-refractivity contribution in [3.8, 4) is 0 Å². The zero-order chi connectivity index (χ0) is 26.3. The molecule has 4 N–H and O–H groups in total. The van der Waals surface area contributed by atoms with Gasteiger partial charge in [0.05, 0.1) is 18.2 Å². The Morgan fingerprint density at radius 1 is 1.08 bits per heavy atom. The van der Waals surface area contributed by atoms with Gasteiger partial charge < -0.3 is 10.1 Å². The summed E-state index contributed by atoms with van der Waals surface area (Å²) in [6.07, 6.45) is -0.945. The van der Waals surface area contributed by atoms with Crippen LogP contribution < -0.4 is 21.5 Å². The highest BCUT2D eigenvalue weighted by Crippen LogP contribution is 2.39. The molecule has 0 radical (unpaired) electrons. The van der Waals surface area contributed by atoms with Gasteiger partial charge in [-0.3, -0.25) is 20.5 Å². The zero-order valence-electron chi connectivity index (χ0n) is 21.7. The molecule has 2 saturated carbocycles. The number of halogens is 4. The van der Waals surface area contributed by atoms with Crippen molar-refractivity contribution in [2.75, 3.05) is 13.2 Å². The Morgan fingerprint density at radius 2 is 1.81 bits per heavy atom. The number of ether oxygens (including phenoxy) is 1. The lowest BCUT2D eigenvalue weighted by molar-refractivity contribution is -0.184. The number of hydrazine groups is 1. The van der Waals surface area contributed by atoms with Gasteiger partial charge in [0.1, 0.15) is 6.17 Å². The van der Waals surface area contributed by atoms with Gasteiger partial charge in [-0.25, -0.2) is 9.82 Å². The molecule has 1 aliphatic heterocycles. The van der Waals surface area contributed by atoms with Crippen LogP contribution in [0, 0.1) is 23.7 Å². The molecule has 36 heavy (non-hydrogen) atoms. The molecular weight excluding hydrogens is 478 g/mol. The third kappa shape index (κ3) is 8.83. The first-order valence-electron chi connectivity index (χ1n) is 13.5. The van der Waals surface area contributed by atoms with Gasteiger partial charge >= 0.3 is 6.18 Å². The quantitative estimate of drug-likeness (QED) is 0.167. The number of hydrogen-bond acceptors (Lipinski definition) is 5. The lowest BCUT2D eigenvalue weighted by Gasteiger charge is -2.32. The van der Waals surface area contributed by atoms with Gasteiger partial charge in [0.15, 0.2) is 5.96 Å². The van der Waals surface area contributed by atoms with E-state index in [-0.39, 0.29) is 61.7 Å². The summed E-state index contributed by atoms with van der Waals surface area (Å²) in [5.74, 6) is -1.45. The van der Waals surface area contributed by atoms with E-state index >= 15 is 0 Å². The highest BCUT2D eigenvalue weighted by atomic mass is 19.4. The summed E-state index contributed by atoms with van der Waals surface area (Å²) in [5, 5.41) is 6.06. The number of hydrogen-bond donors (Lipinski definition) is 4. The number of nitrogens with one attached hydrogen (secondary N) is 4. The second-order valence-electron chi connectivity index (χ2n) is 11.0. The van der Waals surface area contributed by atoms with Gasteiger partial charge in [-0.05, 0) is 83.5 Å². The summed E-state index contributed by atoms with van der Waals surface area (Å²) in [7, 11) is 0. The summed E-state index contributed by atoms with van der Waals surface area (Å²) >= 11 is 0. The van der Waals surface area contributed by atoms with Gasteiger partial charge in [0.25, 0.3) is 0 Å². The monoisotopic (exact) mass is 521 g/mol. The van der Waals surface area contributed by atoms with E-state index in [1.54, 1.807) is 0 Å². The van der Waals surface area contributed by atoms with Crippen molar-refractivity contribution < 1.29 is 27.1 Å². The predicted octanol–water partition coefficient (Wildman–Crippen LogP) is 4.20. The summed E-state index contributed by atoms with van der Waals surface area (Å²) < 4.78 is 58.8. The van der Waals surface area contributed by atoms with Crippen molar-refractivity contribution in [2.45, 2.75) is 109 Å². The number of nitrogens with zero attached hydrogens (tertiary/aromatic N) is 1. The molecule has 5 atom stereocenters. The number of alkyl halides is 4. The van der Waals surface area contributed by atoms with Crippen LogP contribution in [0.4, 0.5) is 17.6 Å². The lowest BCUT2D eigenvalue weighted by atomic mass is 9.77. The van der Waals surface area contributed by atoms with E-state index in [1.807, 2.05) is 20.8 Å². The van der Waals surface area contributed by atoms with E-state index in [9.17, 15) is 22.4 Å². The summed E-state index contributed by atoms with van der Waals surface area (Å²) in [5.41, 5.74) is 6.46. The Hall–Kier alpha value is -1.46. The topological polar surface area (TPSA) is 86.8 Å². The molecule has 0 aromatic carbocycles. The van der Waals surface area contributed by atoms with Gasteiger partial charge in [-0.2, -0.15) is 13.2 Å². The van der Waals surface area contributed by atoms with E-state index in [2.05, 4.69) is 26.5 Å². The van der Waals surface area contributed by atoms with Crippen molar-refractivity contribution in [3.63, 3.8) is 0 Å². The van der Waals surface area contributed by atoms with Gasteiger partial charge in [0, 0.05) is 25.1 Å². The normalized spacial score (nSPS) is 34.1. The van der Waals surface area contributed by atoms with Crippen LogP contribution in [-0.4, -0.2) is 55.7 Å². The summed E-state index contributed by atoms with van der Waals surface area (Å²) in [6, 6.07) is 0.113. The van der Waals surface area contributed by atoms with Crippen LogP contribution in [0.15, 0.2) is 4.99 Å². The van der Waals surface area contributed by atoms with Crippen LogP contribution in [0.1, 0.15) is 78.6 Å². The van der Waals surface area contributed by atoms with Gasteiger partial charge in [0.2, 0.25) is 5.91 Å². The van der Waals surface area contributed by atoms with E-state index in [1.165, 1.54) is 0 Å². The molecule has 1 saturated heterocycles. The second kappa shape index (κ2) is 13.4. The predicted molar refractivity (Wildman–Crippen MR) is 131 cm³/mol. The zero-order valence-corrected chi connectivity index (χ0v) is 21.7. The molecule has 1 amide bonds. The Kier molecular flexibility index (Phi) is 10.8. The SMILES string of the molecule is CC(C)OCCCN=C(NC(=O)C1CCC(C(F)(F)F)CC1)NC1CC(C2CCC(C)C(F)C2)NN1. The van der Waals surface area contributed by atoms with Crippen LogP contribution >= 0.6 is 0 Å². The van der Waals surface area contributed by atoms with Crippen LogP contribution in [0.25, 0.3) is 0 Å². The standard InChI is InChI=1S/C25H43F4N5O2/c1-15(2)36-12-4-11-30-24(32-23(35)17-7-9-19(10-8-17)25(27,28)29)31-22-14-21(33-34-22)18-6-5-16(3)20(26)13-18/h15-22,33-34H,4-14H2,1-3H3,(H2,30,31,32,35). The van der Waals surface area contributed by atoms with Crippen molar-refractivity contribution in [3.05, 3.63) is 0 Å². The second-order valence-corrected chi connectivity index (χ2v) is 11.0. The molecule has 11 heteroatoms. The molecule has 7 nitrogen and oxygen atoms in total. The minimum absolute atomic E-state index is 0.0284. The first-order chi connectivity index (χ1) is 17.0. The fourth-order valence-electron chi connectivity index (χ4n) is 5.41. The Bertz CT molecular complexity index is 728. The molecule has 0 aromatic rings. The molecule has 3 rings (SSSR count). The molecule has 2 aliphatic carbocycles. The smallest absolute Gasteiger partial charge is 0.379 e. The first kappa shape index (κ1) is 29.1. The highest BCUT2D eigenvalue weighted by molar-refractivity contribution is 5.98. The van der Waals surface area contributed by atoms with E-state index in [0.29, 0.717) is 38.4 Å². The third-order valence-corrected chi connectivity index (χ3v) is 7.78. The average Bonchev–Trinajstić information content (AvgIpc) is 3.28. The molecule has 0 bridgehead atoms. The molecule has 5 unspecified atom stereocenters. The summed E-state index contributed by atoms with van der Waals surface area (Å²) in [4.78, 5) is 17.4. The minimum atomic E-state index is -4.20. The average molecular weight is 522 g/mol. The van der Waals surface area contributed by atoms with Crippen molar-refractivity contribution in [2.24, 2.45) is 28.7 Å². The number of carbonyl (C=O) groups excluding carboxylic acids is 1. The largest absolute Gasteiger partial charge is 0.391 e. The van der Waals surface area contributed by atoms with E-state index < -0.39 is 24.2 Å². The number of aliphatic imine (C=N–C) groups is 1. The van der Waals surface area contributed by atoms with Crippen LogP contribution in [0.3, 0.4) is 0 Å².